The molecule has 3 nitrogen and oxygen atoms in total. The number of aromatic nitrogens is 1. The summed E-state index contributed by atoms with van der Waals surface area (Å²) in [4.78, 5) is 3.88. The molecule has 86 valence electrons. The van der Waals surface area contributed by atoms with Crippen molar-refractivity contribution in [3.8, 4) is 0 Å². The average molecular weight is 226 g/mol. The van der Waals surface area contributed by atoms with Gasteiger partial charge in [0.05, 0.1) is 5.56 Å². The van der Waals surface area contributed by atoms with Crippen LogP contribution in [0.3, 0.4) is 0 Å². The number of nitrogens with two attached hydrogens (primary N) is 1. The first-order valence-corrected chi connectivity index (χ1v) is 4.97. The van der Waals surface area contributed by atoms with Crippen LogP contribution in [0.25, 0.3) is 11.1 Å². The number of fused-ring (bicyclic) bond motifs is 1. The van der Waals surface area contributed by atoms with Gasteiger partial charge in [-0.1, -0.05) is 13.8 Å². The Morgan fingerprint density at radius 3 is 2.56 bits per heavy atom. The van der Waals surface area contributed by atoms with E-state index in [2.05, 4.69) is 4.98 Å². The third kappa shape index (κ3) is 1.73. The molecule has 2 N–H and O–H groups in total. The molecule has 1 heterocycles. The van der Waals surface area contributed by atoms with E-state index < -0.39 is 6.43 Å². The molecule has 0 aliphatic rings. The van der Waals surface area contributed by atoms with Crippen molar-refractivity contribution < 1.29 is 13.2 Å². The van der Waals surface area contributed by atoms with Crippen molar-refractivity contribution in [2.75, 3.05) is 5.73 Å². The Morgan fingerprint density at radius 2 is 2.00 bits per heavy atom. The van der Waals surface area contributed by atoms with Crippen molar-refractivity contribution in [2.45, 2.75) is 26.2 Å². The zero-order chi connectivity index (χ0) is 11.9. The van der Waals surface area contributed by atoms with Gasteiger partial charge in [0.25, 0.3) is 12.4 Å². The van der Waals surface area contributed by atoms with E-state index in [1.165, 1.54) is 6.07 Å². The van der Waals surface area contributed by atoms with E-state index in [4.69, 9.17) is 10.2 Å². The van der Waals surface area contributed by atoms with Crippen molar-refractivity contribution in [1.82, 2.24) is 4.98 Å². The second-order valence-corrected chi connectivity index (χ2v) is 3.97. The van der Waals surface area contributed by atoms with Gasteiger partial charge in [0.2, 0.25) is 0 Å². The summed E-state index contributed by atoms with van der Waals surface area (Å²) in [6.07, 6.45) is -2.59. The number of hydrogen-bond donors (Lipinski definition) is 1. The normalized spacial score (nSPS) is 11.9. The van der Waals surface area contributed by atoms with Crippen LogP contribution in [-0.2, 0) is 0 Å². The molecule has 1 aromatic carbocycles. The van der Waals surface area contributed by atoms with E-state index in [0.29, 0.717) is 5.52 Å². The smallest absolute Gasteiger partial charge is 0.292 e. The highest BCUT2D eigenvalue weighted by Gasteiger charge is 2.18. The lowest BCUT2D eigenvalue weighted by Gasteiger charge is -2.07. The molecular formula is C11H12F2N2O. The quantitative estimate of drug-likeness (QED) is 0.852. The van der Waals surface area contributed by atoms with Gasteiger partial charge in [-0.2, -0.15) is 4.98 Å². The highest BCUT2D eigenvalue weighted by Crippen LogP contribution is 2.32. The zero-order valence-electron chi connectivity index (χ0n) is 9.00. The summed E-state index contributed by atoms with van der Waals surface area (Å²) in [5.74, 6) is 0.153. The second kappa shape index (κ2) is 3.73. The van der Waals surface area contributed by atoms with Gasteiger partial charge in [-0.3, -0.25) is 0 Å². The van der Waals surface area contributed by atoms with Crippen molar-refractivity contribution in [2.24, 2.45) is 0 Å². The van der Waals surface area contributed by atoms with Crippen LogP contribution in [0.15, 0.2) is 16.5 Å². The summed E-state index contributed by atoms with van der Waals surface area (Å²) in [6.45, 7) is 3.86. The molecule has 0 spiro atoms. The Hall–Kier alpha value is -1.65. The van der Waals surface area contributed by atoms with E-state index in [1.807, 2.05) is 13.8 Å². The second-order valence-electron chi connectivity index (χ2n) is 3.97. The van der Waals surface area contributed by atoms with E-state index >= 15 is 0 Å². The molecule has 0 fully saturated rings. The Kier molecular flexibility index (Phi) is 2.53. The minimum absolute atomic E-state index is 0.0805. The number of nitrogen functional groups attached to an aromatic ring is 1. The topological polar surface area (TPSA) is 52.0 Å². The molecule has 2 aromatic rings. The van der Waals surface area contributed by atoms with Crippen LogP contribution >= 0.6 is 0 Å². The molecule has 0 radical (unpaired) electrons. The monoisotopic (exact) mass is 226 g/mol. The maximum atomic E-state index is 12.8. The standard InChI is InChI=1S/C11H12F2N2O/c1-5(2)6-3-7(10(12)13)9-8(4-6)15-11(14)16-9/h3-5,10H,1-2H3,(H2,14,15). The molecule has 0 saturated heterocycles. The molecule has 5 heteroatoms. The minimum Gasteiger partial charge on any atom is -0.423 e. The summed E-state index contributed by atoms with van der Waals surface area (Å²) in [5, 5.41) is 0. The van der Waals surface area contributed by atoms with Crippen molar-refractivity contribution >= 4 is 17.1 Å². The number of benzene rings is 1. The molecule has 0 bridgehead atoms. The van der Waals surface area contributed by atoms with E-state index in [9.17, 15) is 8.78 Å². The molecule has 0 aliphatic carbocycles. The fourth-order valence-corrected chi connectivity index (χ4v) is 1.59. The van der Waals surface area contributed by atoms with Gasteiger partial charge in [-0.05, 0) is 23.6 Å². The number of alkyl halides is 2. The highest BCUT2D eigenvalue weighted by atomic mass is 19.3. The first-order chi connectivity index (χ1) is 7.49. The lowest BCUT2D eigenvalue weighted by molar-refractivity contribution is 0.152. The molecule has 0 aliphatic heterocycles. The summed E-state index contributed by atoms with van der Waals surface area (Å²) in [5.41, 5.74) is 6.49. The molecule has 1 aromatic heterocycles. The van der Waals surface area contributed by atoms with Crippen molar-refractivity contribution in [1.29, 1.82) is 0 Å². The van der Waals surface area contributed by atoms with Crippen LogP contribution in [0.5, 0.6) is 0 Å². The Labute approximate surface area is 91.3 Å². The number of oxazole rings is 1. The van der Waals surface area contributed by atoms with Gasteiger partial charge in [0, 0.05) is 0 Å². The van der Waals surface area contributed by atoms with Gasteiger partial charge >= 0.3 is 0 Å². The molecule has 0 atom stereocenters. The van der Waals surface area contributed by atoms with Crippen molar-refractivity contribution in [3.05, 3.63) is 23.3 Å². The fraction of sp³-hybridized carbons (Fsp3) is 0.364. The fourth-order valence-electron chi connectivity index (χ4n) is 1.59. The lowest BCUT2D eigenvalue weighted by Crippen LogP contribution is -1.92. The Bertz CT molecular complexity index is 520. The molecular weight excluding hydrogens is 214 g/mol. The third-order valence-electron chi connectivity index (χ3n) is 2.46. The molecule has 2 rings (SSSR count). The van der Waals surface area contributed by atoms with Gasteiger partial charge in [0.15, 0.2) is 5.58 Å². The Morgan fingerprint density at radius 1 is 1.31 bits per heavy atom. The number of rotatable bonds is 2. The van der Waals surface area contributed by atoms with Gasteiger partial charge in [-0.15, -0.1) is 0 Å². The number of nitrogens with zero attached hydrogens (tertiary/aromatic N) is 1. The van der Waals surface area contributed by atoms with Crippen LogP contribution in [0.4, 0.5) is 14.8 Å². The lowest BCUT2D eigenvalue weighted by atomic mass is 10.00. The SMILES string of the molecule is CC(C)c1cc(C(F)F)c2oc(N)nc2c1. The summed E-state index contributed by atoms with van der Waals surface area (Å²) in [7, 11) is 0. The molecule has 0 saturated carbocycles. The Balaban J connectivity index is 2.73. The molecule has 0 unspecified atom stereocenters. The maximum Gasteiger partial charge on any atom is 0.292 e. The number of hydrogen-bond acceptors (Lipinski definition) is 3. The highest BCUT2D eigenvalue weighted by molar-refractivity contribution is 5.79. The maximum absolute atomic E-state index is 12.8. The summed E-state index contributed by atoms with van der Waals surface area (Å²) < 4.78 is 30.6. The third-order valence-corrected chi connectivity index (χ3v) is 2.46. The first-order valence-electron chi connectivity index (χ1n) is 4.97. The number of halogens is 2. The van der Waals surface area contributed by atoms with Gasteiger partial charge in [0.1, 0.15) is 5.52 Å². The molecule has 16 heavy (non-hydrogen) atoms. The van der Waals surface area contributed by atoms with Crippen molar-refractivity contribution in [3.63, 3.8) is 0 Å². The average Bonchev–Trinajstić information content (AvgIpc) is 2.55. The predicted molar refractivity (Wildman–Crippen MR) is 57.5 cm³/mol. The van der Waals surface area contributed by atoms with E-state index in [0.717, 1.165) is 5.56 Å². The predicted octanol–water partition coefficient (Wildman–Crippen LogP) is 3.47. The molecule has 0 amide bonds. The summed E-state index contributed by atoms with van der Waals surface area (Å²) in [6, 6.07) is 3.09. The number of anilines is 1. The van der Waals surface area contributed by atoms with Crippen LogP contribution in [0, 0.1) is 0 Å². The van der Waals surface area contributed by atoms with Gasteiger partial charge in [-0.25, -0.2) is 8.78 Å². The van der Waals surface area contributed by atoms with Crippen LogP contribution in [-0.4, -0.2) is 4.98 Å². The largest absolute Gasteiger partial charge is 0.423 e. The zero-order valence-corrected chi connectivity index (χ0v) is 9.00. The van der Waals surface area contributed by atoms with Gasteiger partial charge < -0.3 is 10.2 Å². The first kappa shape index (κ1) is 10.9. The summed E-state index contributed by atoms with van der Waals surface area (Å²) >= 11 is 0. The minimum atomic E-state index is -2.59. The van der Waals surface area contributed by atoms with E-state index in [-0.39, 0.29) is 23.1 Å². The van der Waals surface area contributed by atoms with Crippen LogP contribution < -0.4 is 5.73 Å². The van der Waals surface area contributed by atoms with Crippen LogP contribution in [0.1, 0.15) is 37.3 Å². The van der Waals surface area contributed by atoms with E-state index in [1.54, 1.807) is 6.07 Å². The van der Waals surface area contributed by atoms with Crippen LogP contribution in [0.2, 0.25) is 0 Å².